The van der Waals surface area contributed by atoms with Crippen molar-refractivity contribution in [3.8, 4) is 11.4 Å². The van der Waals surface area contributed by atoms with E-state index >= 15 is 0 Å². The number of carbonyl (C=O) groups excluding carboxylic acids is 1. The van der Waals surface area contributed by atoms with Crippen LogP contribution < -0.4 is 4.74 Å². The fourth-order valence-corrected chi connectivity index (χ4v) is 2.71. The molecule has 5 nitrogen and oxygen atoms in total. The summed E-state index contributed by atoms with van der Waals surface area (Å²) in [6, 6.07) is 15.3. The second-order valence-electron chi connectivity index (χ2n) is 5.70. The molecular weight excluding hydrogens is 364 g/mol. The van der Waals surface area contributed by atoms with E-state index in [1.807, 2.05) is 72.4 Å². The first kappa shape index (κ1) is 20.3. The number of hydrogen-bond acceptors (Lipinski definition) is 4. The highest BCUT2D eigenvalue weighted by atomic mass is 35.5. The minimum Gasteiger partial charge on any atom is -0.496 e. The van der Waals surface area contributed by atoms with Gasteiger partial charge in [-0.15, -0.1) is 12.4 Å². The van der Waals surface area contributed by atoms with E-state index in [1.165, 1.54) is 14.2 Å². The van der Waals surface area contributed by atoms with Crippen LogP contribution in [0.1, 0.15) is 27.2 Å². The van der Waals surface area contributed by atoms with Crippen LogP contribution in [0, 0.1) is 6.92 Å². The molecule has 0 aliphatic carbocycles. The lowest BCUT2D eigenvalue weighted by Gasteiger charge is -2.09. The summed E-state index contributed by atoms with van der Waals surface area (Å²) in [7, 11) is 2.89. The summed E-state index contributed by atoms with van der Waals surface area (Å²) < 4.78 is 12.0. The third-order valence-corrected chi connectivity index (χ3v) is 4.07. The van der Waals surface area contributed by atoms with Gasteiger partial charge in [0.25, 0.3) is 0 Å². The average molecular weight is 385 g/mol. The van der Waals surface area contributed by atoms with Crippen LogP contribution >= 0.6 is 12.4 Å². The van der Waals surface area contributed by atoms with E-state index in [1.54, 1.807) is 6.07 Å². The molecule has 0 N–H and O–H groups in total. The van der Waals surface area contributed by atoms with Crippen LogP contribution in [0.5, 0.6) is 5.75 Å². The molecule has 6 heteroatoms. The molecule has 0 radical (unpaired) electrons. The smallest absolute Gasteiger partial charge is 0.342 e. The number of aromatic nitrogens is 2. The van der Waals surface area contributed by atoms with Crippen LogP contribution in [0.3, 0.4) is 0 Å². The maximum Gasteiger partial charge on any atom is 0.342 e. The zero-order valence-corrected chi connectivity index (χ0v) is 16.2. The van der Waals surface area contributed by atoms with Crippen molar-refractivity contribution in [3.63, 3.8) is 0 Å². The van der Waals surface area contributed by atoms with E-state index in [9.17, 15) is 4.79 Å². The molecule has 3 rings (SSSR count). The van der Waals surface area contributed by atoms with Crippen LogP contribution in [-0.2, 0) is 4.74 Å². The molecule has 3 aromatic rings. The average Bonchev–Trinajstić information content (AvgIpc) is 3.06. The van der Waals surface area contributed by atoms with Crippen molar-refractivity contribution in [1.82, 2.24) is 9.78 Å². The number of nitrogens with zero attached hydrogens (tertiary/aromatic N) is 2. The lowest BCUT2D eigenvalue weighted by Crippen LogP contribution is -2.06. The normalized spacial score (nSPS) is 10.5. The molecule has 0 bridgehead atoms. The molecule has 0 saturated heterocycles. The number of rotatable bonds is 5. The first-order chi connectivity index (χ1) is 12.6. The van der Waals surface area contributed by atoms with Crippen LogP contribution in [0.25, 0.3) is 17.8 Å². The summed E-state index contributed by atoms with van der Waals surface area (Å²) >= 11 is 0. The molecule has 0 amide bonds. The van der Waals surface area contributed by atoms with Crippen LogP contribution in [0.2, 0.25) is 0 Å². The fourth-order valence-electron chi connectivity index (χ4n) is 2.71. The molecule has 0 aliphatic heterocycles. The third kappa shape index (κ3) is 4.38. The van der Waals surface area contributed by atoms with Crippen LogP contribution in [-0.4, -0.2) is 30.0 Å². The minimum absolute atomic E-state index is 0. The second kappa shape index (κ2) is 9.05. The topological polar surface area (TPSA) is 53.4 Å². The van der Waals surface area contributed by atoms with Gasteiger partial charge >= 0.3 is 5.97 Å². The lowest BCUT2D eigenvalue weighted by atomic mass is 10.0. The van der Waals surface area contributed by atoms with Gasteiger partial charge in [-0.2, -0.15) is 5.10 Å². The number of hydrogen-bond donors (Lipinski definition) is 0. The Morgan fingerprint density at radius 3 is 2.37 bits per heavy atom. The number of esters is 1. The van der Waals surface area contributed by atoms with Gasteiger partial charge in [-0.25, -0.2) is 9.48 Å². The van der Waals surface area contributed by atoms with Gasteiger partial charge < -0.3 is 9.47 Å². The Morgan fingerprint density at radius 2 is 1.70 bits per heavy atom. The minimum atomic E-state index is -0.432. The molecule has 0 atom stereocenters. The van der Waals surface area contributed by atoms with Gasteiger partial charge in [0.05, 0.1) is 25.6 Å². The Hall–Kier alpha value is -3.05. The standard InChI is InChI=1S/C21H20N2O3.ClH/c1-15-17(14-23(22-15)18-9-5-4-6-10-18)13-12-16-8-7-11-19(25-2)20(16)21(24)26-3;/h4-14H,1-3H3;1H. The maximum atomic E-state index is 12.1. The van der Waals surface area contributed by atoms with E-state index < -0.39 is 5.97 Å². The van der Waals surface area contributed by atoms with Gasteiger partial charge in [-0.3, -0.25) is 0 Å². The zero-order chi connectivity index (χ0) is 18.5. The molecule has 0 saturated carbocycles. The highest BCUT2D eigenvalue weighted by Gasteiger charge is 2.16. The SMILES string of the molecule is COC(=O)c1c(C=Cc2cn(-c3ccccc3)nc2C)cccc1OC.Cl. The van der Waals surface area contributed by atoms with Gasteiger partial charge in [0.1, 0.15) is 11.3 Å². The molecular formula is C21H21ClN2O3. The van der Waals surface area contributed by atoms with Crippen molar-refractivity contribution in [2.24, 2.45) is 0 Å². The molecule has 0 aliphatic rings. The number of halogens is 1. The molecule has 2 aromatic carbocycles. The quantitative estimate of drug-likeness (QED) is 0.605. The number of methoxy groups -OCH3 is 2. The molecule has 27 heavy (non-hydrogen) atoms. The van der Waals surface area contributed by atoms with Gasteiger partial charge in [0, 0.05) is 11.8 Å². The number of carbonyl (C=O) groups is 1. The van der Waals surface area contributed by atoms with Crippen molar-refractivity contribution >= 4 is 30.5 Å². The first-order valence-corrected chi connectivity index (χ1v) is 8.19. The third-order valence-electron chi connectivity index (χ3n) is 4.07. The molecule has 140 valence electrons. The highest BCUT2D eigenvalue weighted by molar-refractivity contribution is 5.97. The van der Waals surface area contributed by atoms with Crippen molar-refractivity contribution in [3.05, 3.63) is 77.1 Å². The monoisotopic (exact) mass is 384 g/mol. The van der Waals surface area contributed by atoms with E-state index in [-0.39, 0.29) is 12.4 Å². The fraction of sp³-hybridized carbons (Fsp3) is 0.143. The molecule has 1 aromatic heterocycles. The first-order valence-electron chi connectivity index (χ1n) is 8.19. The Balaban J connectivity index is 0.00000261. The number of para-hydroxylation sites is 1. The zero-order valence-electron chi connectivity index (χ0n) is 15.4. The van der Waals surface area contributed by atoms with Gasteiger partial charge in [0.15, 0.2) is 0 Å². The summed E-state index contributed by atoms with van der Waals surface area (Å²) in [6.07, 6.45) is 5.76. The van der Waals surface area contributed by atoms with Crippen molar-refractivity contribution < 1.29 is 14.3 Å². The van der Waals surface area contributed by atoms with E-state index in [0.29, 0.717) is 11.3 Å². The van der Waals surface area contributed by atoms with Crippen LogP contribution in [0.15, 0.2) is 54.7 Å². The largest absolute Gasteiger partial charge is 0.496 e. The molecule has 0 fully saturated rings. The highest BCUT2D eigenvalue weighted by Crippen LogP contribution is 2.25. The van der Waals surface area contributed by atoms with Gasteiger partial charge in [0.2, 0.25) is 0 Å². The van der Waals surface area contributed by atoms with E-state index in [0.717, 1.165) is 22.5 Å². The lowest BCUT2D eigenvalue weighted by molar-refractivity contribution is 0.0597. The van der Waals surface area contributed by atoms with Gasteiger partial charge in [-0.05, 0) is 30.7 Å². The Morgan fingerprint density at radius 1 is 1.00 bits per heavy atom. The van der Waals surface area contributed by atoms with Gasteiger partial charge in [-0.1, -0.05) is 42.5 Å². The summed E-state index contributed by atoms with van der Waals surface area (Å²) in [5, 5.41) is 4.55. The summed E-state index contributed by atoms with van der Waals surface area (Å²) in [6.45, 7) is 1.95. The summed E-state index contributed by atoms with van der Waals surface area (Å²) in [4.78, 5) is 12.1. The second-order valence-corrected chi connectivity index (χ2v) is 5.70. The Bertz CT molecular complexity index is 949. The predicted molar refractivity (Wildman–Crippen MR) is 109 cm³/mol. The predicted octanol–water partition coefficient (Wildman–Crippen LogP) is 4.57. The van der Waals surface area contributed by atoms with Crippen molar-refractivity contribution in [2.45, 2.75) is 6.92 Å². The molecule has 0 spiro atoms. The molecule has 1 heterocycles. The van der Waals surface area contributed by atoms with E-state index in [4.69, 9.17) is 9.47 Å². The maximum absolute atomic E-state index is 12.1. The summed E-state index contributed by atoms with van der Waals surface area (Å²) in [5.41, 5.74) is 3.98. The summed E-state index contributed by atoms with van der Waals surface area (Å²) in [5.74, 6) is 0.0505. The molecule has 0 unspecified atom stereocenters. The Kier molecular flexibility index (Phi) is 6.79. The van der Waals surface area contributed by atoms with E-state index in [2.05, 4.69) is 5.10 Å². The van der Waals surface area contributed by atoms with Crippen molar-refractivity contribution in [2.75, 3.05) is 14.2 Å². The number of benzene rings is 2. The Labute approximate surface area is 164 Å². The van der Waals surface area contributed by atoms with Crippen LogP contribution in [0.4, 0.5) is 0 Å². The number of ether oxygens (including phenoxy) is 2. The van der Waals surface area contributed by atoms with Crippen molar-refractivity contribution in [1.29, 1.82) is 0 Å². The number of aryl methyl sites for hydroxylation is 1.